The Hall–Kier alpha value is -0.770. The summed E-state index contributed by atoms with van der Waals surface area (Å²) in [5.74, 6) is -0.141. The molecule has 0 aliphatic rings. The number of nitrogens with two attached hydrogens (primary N) is 1. The maximum absolute atomic E-state index is 11.8. The Balaban J connectivity index is 0.00000289. The topological polar surface area (TPSA) is 55.1 Å². The van der Waals surface area contributed by atoms with Gasteiger partial charge in [-0.2, -0.15) is 0 Å². The third-order valence-electron chi connectivity index (χ3n) is 2.57. The number of benzene rings is 1. The SMILES string of the molecule is CC(C)(C)[C@H](N)C(=O)NCc1cccc(Cl)c1.Cl. The van der Waals surface area contributed by atoms with Crippen molar-refractivity contribution in [2.24, 2.45) is 11.1 Å². The summed E-state index contributed by atoms with van der Waals surface area (Å²) in [7, 11) is 0. The van der Waals surface area contributed by atoms with Crippen LogP contribution in [0, 0.1) is 5.41 Å². The molecule has 0 fully saturated rings. The van der Waals surface area contributed by atoms with Crippen molar-refractivity contribution in [3.63, 3.8) is 0 Å². The van der Waals surface area contributed by atoms with Gasteiger partial charge in [0.2, 0.25) is 5.91 Å². The first-order valence-electron chi connectivity index (χ1n) is 5.58. The minimum Gasteiger partial charge on any atom is -0.351 e. The van der Waals surface area contributed by atoms with Crippen molar-refractivity contribution in [3.05, 3.63) is 34.9 Å². The van der Waals surface area contributed by atoms with Gasteiger partial charge < -0.3 is 11.1 Å². The molecule has 18 heavy (non-hydrogen) atoms. The second-order valence-electron chi connectivity index (χ2n) is 5.19. The van der Waals surface area contributed by atoms with Gasteiger partial charge in [-0.05, 0) is 23.1 Å². The second-order valence-corrected chi connectivity index (χ2v) is 5.63. The molecule has 0 aromatic heterocycles. The first-order valence-corrected chi connectivity index (χ1v) is 5.96. The van der Waals surface area contributed by atoms with E-state index in [-0.39, 0.29) is 23.7 Å². The summed E-state index contributed by atoms with van der Waals surface area (Å²) in [4.78, 5) is 11.8. The Morgan fingerprint density at radius 3 is 2.56 bits per heavy atom. The highest BCUT2D eigenvalue weighted by Crippen LogP contribution is 2.17. The molecular formula is C13H20Cl2N2O. The van der Waals surface area contributed by atoms with E-state index < -0.39 is 6.04 Å². The van der Waals surface area contributed by atoms with Gasteiger partial charge in [-0.1, -0.05) is 44.5 Å². The van der Waals surface area contributed by atoms with E-state index in [1.807, 2.05) is 39.0 Å². The maximum atomic E-state index is 11.8. The van der Waals surface area contributed by atoms with E-state index >= 15 is 0 Å². The van der Waals surface area contributed by atoms with Gasteiger partial charge >= 0.3 is 0 Å². The Kier molecular flexibility index (Phi) is 6.68. The van der Waals surface area contributed by atoms with Crippen LogP contribution in [0.25, 0.3) is 0 Å². The van der Waals surface area contributed by atoms with Crippen LogP contribution in [0.1, 0.15) is 26.3 Å². The fraction of sp³-hybridized carbons (Fsp3) is 0.462. The molecule has 0 saturated heterocycles. The average molecular weight is 291 g/mol. The van der Waals surface area contributed by atoms with Gasteiger partial charge in [0, 0.05) is 11.6 Å². The minimum absolute atomic E-state index is 0. The van der Waals surface area contributed by atoms with Crippen molar-refractivity contribution >= 4 is 29.9 Å². The predicted molar refractivity (Wildman–Crippen MR) is 78.0 cm³/mol. The Labute approximate surface area is 119 Å². The number of carbonyl (C=O) groups excluding carboxylic acids is 1. The Bertz CT molecular complexity index is 402. The van der Waals surface area contributed by atoms with Gasteiger partial charge in [0.25, 0.3) is 0 Å². The van der Waals surface area contributed by atoms with Crippen molar-refractivity contribution in [2.45, 2.75) is 33.4 Å². The largest absolute Gasteiger partial charge is 0.351 e. The van der Waals surface area contributed by atoms with Crippen molar-refractivity contribution in [2.75, 3.05) is 0 Å². The number of hydrogen-bond acceptors (Lipinski definition) is 2. The van der Waals surface area contributed by atoms with E-state index in [1.54, 1.807) is 6.07 Å². The Morgan fingerprint density at radius 2 is 2.06 bits per heavy atom. The lowest BCUT2D eigenvalue weighted by atomic mass is 9.87. The number of amides is 1. The van der Waals surface area contributed by atoms with Crippen LogP contribution >= 0.6 is 24.0 Å². The summed E-state index contributed by atoms with van der Waals surface area (Å²) < 4.78 is 0. The van der Waals surface area contributed by atoms with Gasteiger partial charge in [0.05, 0.1) is 6.04 Å². The van der Waals surface area contributed by atoms with Crippen LogP contribution in [0.2, 0.25) is 5.02 Å². The van der Waals surface area contributed by atoms with Crippen molar-refractivity contribution < 1.29 is 4.79 Å². The first kappa shape index (κ1) is 17.2. The maximum Gasteiger partial charge on any atom is 0.237 e. The molecule has 3 nitrogen and oxygen atoms in total. The number of hydrogen-bond donors (Lipinski definition) is 2. The zero-order chi connectivity index (χ0) is 13.1. The molecule has 0 spiro atoms. The first-order chi connectivity index (χ1) is 7.80. The van der Waals surface area contributed by atoms with Gasteiger partial charge in [0.15, 0.2) is 0 Å². The molecule has 1 atom stereocenters. The summed E-state index contributed by atoms with van der Waals surface area (Å²) in [6.45, 7) is 6.27. The summed E-state index contributed by atoms with van der Waals surface area (Å²) >= 11 is 5.86. The minimum atomic E-state index is -0.512. The van der Waals surface area contributed by atoms with Crippen molar-refractivity contribution in [1.82, 2.24) is 5.32 Å². The molecule has 102 valence electrons. The normalized spacial score (nSPS) is 12.5. The van der Waals surface area contributed by atoms with E-state index in [0.29, 0.717) is 11.6 Å². The summed E-state index contributed by atoms with van der Waals surface area (Å²) in [5.41, 5.74) is 6.58. The molecule has 0 unspecified atom stereocenters. The highest BCUT2D eigenvalue weighted by atomic mass is 35.5. The predicted octanol–water partition coefficient (Wildman–Crippen LogP) is 2.75. The average Bonchev–Trinajstić information content (AvgIpc) is 2.23. The van der Waals surface area contributed by atoms with Crippen LogP contribution in [0.3, 0.4) is 0 Å². The van der Waals surface area contributed by atoms with Gasteiger partial charge in [-0.15, -0.1) is 12.4 Å². The molecule has 0 aliphatic carbocycles. The highest BCUT2D eigenvalue weighted by molar-refractivity contribution is 6.30. The standard InChI is InChI=1S/C13H19ClN2O.ClH/c1-13(2,3)11(15)12(17)16-8-9-5-4-6-10(14)7-9;/h4-7,11H,8,15H2,1-3H3,(H,16,17);1H/t11-;/m1./s1. The van der Waals surface area contributed by atoms with Crippen LogP contribution in [-0.2, 0) is 11.3 Å². The monoisotopic (exact) mass is 290 g/mol. The van der Waals surface area contributed by atoms with Crippen LogP contribution in [0.15, 0.2) is 24.3 Å². The summed E-state index contributed by atoms with van der Waals surface area (Å²) in [6.07, 6.45) is 0. The van der Waals surface area contributed by atoms with E-state index in [4.69, 9.17) is 17.3 Å². The molecule has 1 amide bonds. The highest BCUT2D eigenvalue weighted by Gasteiger charge is 2.26. The zero-order valence-corrected chi connectivity index (χ0v) is 12.4. The van der Waals surface area contributed by atoms with Gasteiger partial charge in [0.1, 0.15) is 0 Å². The third-order valence-corrected chi connectivity index (χ3v) is 2.81. The van der Waals surface area contributed by atoms with Crippen molar-refractivity contribution in [3.8, 4) is 0 Å². The number of carbonyl (C=O) groups is 1. The molecule has 0 saturated carbocycles. The molecule has 0 bridgehead atoms. The zero-order valence-electron chi connectivity index (χ0n) is 10.9. The number of nitrogens with one attached hydrogen (secondary N) is 1. The Morgan fingerprint density at radius 1 is 1.44 bits per heavy atom. The fourth-order valence-corrected chi connectivity index (χ4v) is 1.55. The van der Waals surface area contributed by atoms with Gasteiger partial charge in [-0.25, -0.2) is 0 Å². The van der Waals surface area contributed by atoms with Crippen molar-refractivity contribution in [1.29, 1.82) is 0 Å². The van der Waals surface area contributed by atoms with E-state index in [0.717, 1.165) is 5.56 Å². The lowest BCUT2D eigenvalue weighted by Gasteiger charge is -2.25. The molecule has 1 aromatic rings. The molecule has 5 heteroatoms. The number of halogens is 2. The van der Waals surface area contributed by atoms with Crippen LogP contribution in [0.4, 0.5) is 0 Å². The van der Waals surface area contributed by atoms with Crippen LogP contribution in [0.5, 0.6) is 0 Å². The lowest BCUT2D eigenvalue weighted by molar-refractivity contribution is -0.124. The fourth-order valence-electron chi connectivity index (χ4n) is 1.34. The van der Waals surface area contributed by atoms with E-state index in [2.05, 4.69) is 5.32 Å². The third kappa shape index (κ3) is 5.25. The molecule has 0 radical (unpaired) electrons. The summed E-state index contributed by atoms with van der Waals surface area (Å²) in [6, 6.07) is 6.88. The van der Waals surface area contributed by atoms with Crippen LogP contribution < -0.4 is 11.1 Å². The molecule has 1 aromatic carbocycles. The molecule has 0 aliphatic heterocycles. The van der Waals surface area contributed by atoms with E-state index in [1.165, 1.54) is 0 Å². The van der Waals surface area contributed by atoms with Crippen LogP contribution in [-0.4, -0.2) is 11.9 Å². The molecule has 0 heterocycles. The molecule has 3 N–H and O–H groups in total. The molecular weight excluding hydrogens is 271 g/mol. The second kappa shape index (κ2) is 6.98. The smallest absolute Gasteiger partial charge is 0.237 e. The lowest BCUT2D eigenvalue weighted by Crippen LogP contribution is -2.48. The number of rotatable bonds is 3. The summed E-state index contributed by atoms with van der Waals surface area (Å²) in [5, 5.41) is 3.47. The van der Waals surface area contributed by atoms with E-state index in [9.17, 15) is 4.79 Å². The quantitative estimate of drug-likeness (QED) is 0.899. The van der Waals surface area contributed by atoms with Gasteiger partial charge in [-0.3, -0.25) is 4.79 Å². The molecule has 1 rings (SSSR count).